The highest BCUT2D eigenvalue weighted by atomic mass is 19.4. The van der Waals surface area contributed by atoms with Gasteiger partial charge < -0.3 is 9.47 Å². The van der Waals surface area contributed by atoms with Crippen LogP contribution < -0.4 is 4.74 Å². The van der Waals surface area contributed by atoms with E-state index in [1.807, 2.05) is 30.3 Å². The molecule has 2 aromatic rings. The van der Waals surface area contributed by atoms with Crippen LogP contribution >= 0.6 is 0 Å². The summed E-state index contributed by atoms with van der Waals surface area (Å²) in [6, 6.07) is 10.5. The zero-order chi connectivity index (χ0) is 18.1. The van der Waals surface area contributed by atoms with E-state index in [2.05, 4.69) is 4.98 Å². The standard InChI is InChI=1S/C18H18F3NO3/c19-18(20,21)16-8-9-22-17(15(16)12-23)25-11-5-4-10-24-13-14-6-2-1-3-7-14/h1-3,6-9,12H,4-5,10-11,13H2. The molecule has 0 N–H and O–H groups in total. The first kappa shape index (κ1) is 18.9. The zero-order valence-corrected chi connectivity index (χ0v) is 13.5. The fourth-order valence-corrected chi connectivity index (χ4v) is 2.17. The molecule has 0 fully saturated rings. The second kappa shape index (κ2) is 9.17. The molecule has 0 atom stereocenters. The Morgan fingerprint density at radius 2 is 1.76 bits per heavy atom. The van der Waals surface area contributed by atoms with E-state index >= 15 is 0 Å². The Morgan fingerprint density at radius 3 is 2.44 bits per heavy atom. The highest BCUT2D eigenvalue weighted by Crippen LogP contribution is 2.33. The number of aldehydes is 1. The molecule has 0 bridgehead atoms. The molecule has 0 radical (unpaired) electrons. The number of rotatable bonds is 9. The van der Waals surface area contributed by atoms with E-state index in [9.17, 15) is 18.0 Å². The Hall–Kier alpha value is -2.41. The third-order valence-electron chi connectivity index (χ3n) is 3.41. The molecule has 0 unspecified atom stereocenters. The van der Waals surface area contributed by atoms with Crippen LogP contribution in [-0.4, -0.2) is 24.5 Å². The van der Waals surface area contributed by atoms with Gasteiger partial charge in [-0.3, -0.25) is 4.79 Å². The van der Waals surface area contributed by atoms with Crippen LogP contribution in [0, 0.1) is 0 Å². The third-order valence-corrected chi connectivity index (χ3v) is 3.41. The minimum Gasteiger partial charge on any atom is -0.477 e. The SMILES string of the molecule is O=Cc1c(C(F)(F)F)ccnc1OCCCCOCc1ccccc1. The van der Waals surface area contributed by atoms with Crippen LogP contribution in [0.3, 0.4) is 0 Å². The minimum absolute atomic E-state index is 0.119. The topological polar surface area (TPSA) is 48.4 Å². The number of hydrogen-bond donors (Lipinski definition) is 0. The summed E-state index contributed by atoms with van der Waals surface area (Å²) < 4.78 is 49.2. The number of hydrogen-bond acceptors (Lipinski definition) is 4. The average molecular weight is 353 g/mol. The molecule has 0 aliphatic rings. The van der Waals surface area contributed by atoms with Crippen LogP contribution in [0.15, 0.2) is 42.6 Å². The molecule has 7 heteroatoms. The molecule has 0 aliphatic heterocycles. The zero-order valence-electron chi connectivity index (χ0n) is 13.5. The van der Waals surface area contributed by atoms with Gasteiger partial charge in [0.15, 0.2) is 6.29 Å². The lowest BCUT2D eigenvalue weighted by Crippen LogP contribution is -2.12. The Labute approximate surface area is 143 Å². The summed E-state index contributed by atoms with van der Waals surface area (Å²) in [5, 5.41) is 0. The van der Waals surface area contributed by atoms with Gasteiger partial charge in [0.05, 0.1) is 24.3 Å². The Balaban J connectivity index is 1.74. The second-order valence-corrected chi connectivity index (χ2v) is 5.29. The lowest BCUT2D eigenvalue weighted by atomic mass is 10.1. The maximum Gasteiger partial charge on any atom is 0.417 e. The van der Waals surface area contributed by atoms with Gasteiger partial charge in [0.1, 0.15) is 0 Å². The number of aromatic nitrogens is 1. The second-order valence-electron chi connectivity index (χ2n) is 5.29. The smallest absolute Gasteiger partial charge is 0.417 e. The van der Waals surface area contributed by atoms with E-state index in [0.717, 1.165) is 17.8 Å². The largest absolute Gasteiger partial charge is 0.477 e. The summed E-state index contributed by atoms with van der Waals surface area (Å²) in [5.74, 6) is -0.296. The van der Waals surface area contributed by atoms with Crippen LogP contribution in [0.4, 0.5) is 13.2 Å². The predicted octanol–water partition coefficient (Wildman–Crippen LogP) is 4.29. The maximum atomic E-state index is 12.8. The summed E-state index contributed by atoms with van der Waals surface area (Å²) in [7, 11) is 0. The quantitative estimate of drug-likeness (QED) is 0.498. The van der Waals surface area contributed by atoms with Crippen molar-refractivity contribution in [2.45, 2.75) is 25.6 Å². The van der Waals surface area contributed by atoms with E-state index in [-0.39, 0.29) is 18.8 Å². The molecule has 0 aliphatic carbocycles. The highest BCUT2D eigenvalue weighted by molar-refractivity contribution is 5.80. The van der Waals surface area contributed by atoms with E-state index in [0.29, 0.717) is 26.1 Å². The molecule has 134 valence electrons. The molecule has 1 aromatic carbocycles. The van der Waals surface area contributed by atoms with Gasteiger partial charge in [0, 0.05) is 12.8 Å². The van der Waals surface area contributed by atoms with Crippen molar-refractivity contribution in [2.24, 2.45) is 0 Å². The molecule has 1 aromatic heterocycles. The number of unbranched alkanes of at least 4 members (excludes halogenated alkanes) is 1. The van der Waals surface area contributed by atoms with Crippen LogP contribution in [0.2, 0.25) is 0 Å². The molecular formula is C18H18F3NO3. The number of benzene rings is 1. The van der Waals surface area contributed by atoms with Crippen molar-refractivity contribution in [1.82, 2.24) is 4.98 Å². The molecule has 0 saturated heterocycles. The number of ether oxygens (including phenoxy) is 2. The summed E-state index contributed by atoms with van der Waals surface area (Å²) in [5.41, 5.74) is -0.545. The number of carbonyl (C=O) groups excluding carboxylic acids is 1. The van der Waals surface area contributed by atoms with E-state index in [4.69, 9.17) is 9.47 Å². The van der Waals surface area contributed by atoms with Gasteiger partial charge in [-0.05, 0) is 24.5 Å². The monoisotopic (exact) mass is 353 g/mol. The number of alkyl halides is 3. The van der Waals surface area contributed by atoms with Crippen molar-refractivity contribution in [1.29, 1.82) is 0 Å². The van der Waals surface area contributed by atoms with E-state index in [1.54, 1.807) is 0 Å². The lowest BCUT2D eigenvalue weighted by Gasteiger charge is -2.12. The fraction of sp³-hybridized carbons (Fsp3) is 0.333. The van der Waals surface area contributed by atoms with Gasteiger partial charge >= 0.3 is 6.18 Å². The number of carbonyl (C=O) groups is 1. The molecule has 4 nitrogen and oxygen atoms in total. The van der Waals surface area contributed by atoms with Gasteiger partial charge in [-0.2, -0.15) is 13.2 Å². The molecule has 1 heterocycles. The minimum atomic E-state index is -4.62. The van der Waals surface area contributed by atoms with E-state index in [1.165, 1.54) is 0 Å². The van der Waals surface area contributed by atoms with Crippen molar-refractivity contribution in [3.8, 4) is 5.88 Å². The van der Waals surface area contributed by atoms with Crippen LogP contribution in [-0.2, 0) is 17.5 Å². The van der Waals surface area contributed by atoms with Crippen LogP contribution in [0.1, 0.15) is 34.3 Å². The highest BCUT2D eigenvalue weighted by Gasteiger charge is 2.35. The van der Waals surface area contributed by atoms with Crippen molar-refractivity contribution < 1.29 is 27.4 Å². The van der Waals surface area contributed by atoms with Crippen molar-refractivity contribution in [3.63, 3.8) is 0 Å². The van der Waals surface area contributed by atoms with E-state index < -0.39 is 17.3 Å². The summed E-state index contributed by atoms with van der Waals surface area (Å²) >= 11 is 0. The molecule has 0 saturated carbocycles. The maximum absolute atomic E-state index is 12.8. The first-order chi connectivity index (χ1) is 12.0. The van der Waals surface area contributed by atoms with Crippen LogP contribution in [0.25, 0.3) is 0 Å². The molecule has 0 spiro atoms. The fourth-order valence-electron chi connectivity index (χ4n) is 2.17. The van der Waals surface area contributed by atoms with Crippen molar-refractivity contribution >= 4 is 6.29 Å². The van der Waals surface area contributed by atoms with Gasteiger partial charge in [-0.15, -0.1) is 0 Å². The normalized spacial score (nSPS) is 11.3. The number of halogens is 3. The molecule has 25 heavy (non-hydrogen) atoms. The third kappa shape index (κ3) is 5.86. The lowest BCUT2D eigenvalue weighted by molar-refractivity contribution is -0.138. The predicted molar refractivity (Wildman–Crippen MR) is 85.5 cm³/mol. The molecule has 2 rings (SSSR count). The van der Waals surface area contributed by atoms with Crippen LogP contribution in [0.5, 0.6) is 5.88 Å². The summed E-state index contributed by atoms with van der Waals surface area (Å²) in [4.78, 5) is 14.7. The number of pyridine rings is 1. The first-order valence-corrected chi connectivity index (χ1v) is 7.78. The Kier molecular flexibility index (Phi) is 6.94. The van der Waals surface area contributed by atoms with Gasteiger partial charge in [0.25, 0.3) is 0 Å². The number of nitrogens with zero attached hydrogens (tertiary/aromatic N) is 1. The summed E-state index contributed by atoms with van der Waals surface area (Å²) in [6.45, 7) is 1.17. The average Bonchev–Trinajstić information content (AvgIpc) is 2.60. The van der Waals surface area contributed by atoms with Crippen molar-refractivity contribution in [2.75, 3.05) is 13.2 Å². The van der Waals surface area contributed by atoms with Crippen molar-refractivity contribution in [3.05, 3.63) is 59.3 Å². The molecule has 0 amide bonds. The van der Waals surface area contributed by atoms with Gasteiger partial charge in [-0.25, -0.2) is 4.98 Å². The Morgan fingerprint density at radius 1 is 1.04 bits per heavy atom. The first-order valence-electron chi connectivity index (χ1n) is 7.78. The van der Waals surface area contributed by atoms with Gasteiger partial charge in [0.2, 0.25) is 5.88 Å². The Bertz CT molecular complexity index is 675. The molecular weight excluding hydrogens is 335 g/mol. The van der Waals surface area contributed by atoms with Gasteiger partial charge in [-0.1, -0.05) is 30.3 Å². The summed E-state index contributed by atoms with van der Waals surface area (Å²) in [6.07, 6.45) is -2.27.